The van der Waals surface area contributed by atoms with Gasteiger partial charge in [-0.15, -0.1) is 0 Å². The molecule has 0 aliphatic carbocycles. The quantitative estimate of drug-likeness (QED) is 0.843. The lowest BCUT2D eigenvalue weighted by atomic mass is 10.3. The van der Waals surface area contributed by atoms with Crippen LogP contribution >= 0.6 is 15.9 Å². The number of nitrogens with zero attached hydrogens (tertiary/aromatic N) is 1. The predicted molar refractivity (Wildman–Crippen MR) is 69.6 cm³/mol. The van der Waals surface area contributed by atoms with Crippen molar-refractivity contribution < 1.29 is 18.0 Å². The van der Waals surface area contributed by atoms with Crippen LogP contribution in [0.3, 0.4) is 0 Å². The molecule has 1 aromatic rings. The summed E-state index contributed by atoms with van der Waals surface area (Å²) < 4.78 is 31.3. The molecule has 18 heavy (non-hydrogen) atoms. The number of nitrogens with two attached hydrogens (primary N) is 1. The molecule has 1 heterocycles. The Bertz CT molecular complexity index is 555. The first-order valence-corrected chi connectivity index (χ1v) is 7.49. The maximum absolute atomic E-state index is 12.3. The molecule has 8 heteroatoms. The van der Waals surface area contributed by atoms with Crippen molar-refractivity contribution in [2.45, 2.75) is 11.3 Å². The van der Waals surface area contributed by atoms with E-state index in [9.17, 15) is 8.42 Å². The van der Waals surface area contributed by atoms with Gasteiger partial charge in [-0.25, -0.2) is 8.42 Å². The van der Waals surface area contributed by atoms with E-state index in [1.54, 1.807) is 0 Å². The maximum atomic E-state index is 12.3. The fourth-order valence-electron chi connectivity index (χ4n) is 1.64. The number of benzene rings is 1. The molecule has 1 fully saturated rings. The number of hydrogen-bond acceptors (Lipinski definition) is 5. The smallest absolute Gasteiger partial charge is 0.268 e. The first-order valence-electron chi connectivity index (χ1n) is 5.25. The number of methoxy groups -OCH3 is 1. The first-order chi connectivity index (χ1) is 8.46. The van der Waals surface area contributed by atoms with Crippen molar-refractivity contribution in [2.24, 2.45) is 0 Å². The lowest BCUT2D eigenvalue weighted by molar-refractivity contribution is -0.0285. The lowest BCUT2D eigenvalue weighted by Crippen LogP contribution is -2.27. The number of rotatable bonds is 3. The minimum atomic E-state index is -3.74. The predicted octanol–water partition coefficient (Wildman–Crippen LogP) is 1.37. The van der Waals surface area contributed by atoms with Crippen molar-refractivity contribution in [3.05, 3.63) is 16.6 Å². The Morgan fingerprint density at radius 2 is 2.22 bits per heavy atom. The molecule has 2 N–H and O–H groups in total. The third kappa shape index (κ3) is 2.33. The van der Waals surface area contributed by atoms with E-state index in [0.29, 0.717) is 29.7 Å². The molecular formula is C10H13BrN2O4S. The summed E-state index contributed by atoms with van der Waals surface area (Å²) in [5.41, 5.74) is 6.04. The highest BCUT2D eigenvalue weighted by atomic mass is 79.9. The van der Waals surface area contributed by atoms with Gasteiger partial charge in [0.05, 0.1) is 13.7 Å². The van der Waals surface area contributed by atoms with Gasteiger partial charge in [0, 0.05) is 16.7 Å². The summed E-state index contributed by atoms with van der Waals surface area (Å²) in [5.74, 6) is 0.228. The van der Waals surface area contributed by atoms with Crippen molar-refractivity contribution in [3.8, 4) is 5.75 Å². The second kappa shape index (κ2) is 5.04. The third-order valence-electron chi connectivity index (χ3n) is 2.55. The van der Waals surface area contributed by atoms with Gasteiger partial charge in [0.1, 0.15) is 10.6 Å². The highest BCUT2D eigenvalue weighted by Gasteiger charge is 2.32. The highest BCUT2D eigenvalue weighted by Crippen LogP contribution is 2.34. The number of ether oxygens (including phenoxy) is 1. The van der Waals surface area contributed by atoms with E-state index in [0.717, 1.165) is 4.47 Å². The number of halogens is 1. The minimum absolute atomic E-state index is 0.00704. The fourth-order valence-corrected chi connectivity index (χ4v) is 3.43. The Morgan fingerprint density at radius 3 is 2.78 bits per heavy atom. The second-order valence-corrected chi connectivity index (χ2v) is 6.39. The average Bonchev–Trinajstić information content (AvgIpc) is 2.86. The van der Waals surface area contributed by atoms with Crippen molar-refractivity contribution in [1.82, 2.24) is 4.47 Å². The Kier molecular flexibility index (Phi) is 3.81. The molecule has 0 bridgehead atoms. The molecule has 0 radical (unpaired) electrons. The van der Waals surface area contributed by atoms with Crippen LogP contribution in [0, 0.1) is 0 Å². The molecular weight excluding hydrogens is 324 g/mol. The summed E-state index contributed by atoms with van der Waals surface area (Å²) in [5, 5.41) is 0. The van der Waals surface area contributed by atoms with Crippen LogP contribution in [0.1, 0.15) is 6.42 Å². The summed E-state index contributed by atoms with van der Waals surface area (Å²) in [6.07, 6.45) is 0.674. The molecule has 1 aliphatic heterocycles. The molecule has 6 nitrogen and oxygen atoms in total. The molecule has 100 valence electrons. The molecule has 0 spiro atoms. The summed E-state index contributed by atoms with van der Waals surface area (Å²) in [7, 11) is -2.33. The average molecular weight is 337 g/mol. The van der Waals surface area contributed by atoms with Crippen LogP contribution < -0.4 is 10.5 Å². The van der Waals surface area contributed by atoms with Gasteiger partial charge in [-0.05, 0) is 34.5 Å². The zero-order valence-corrected chi connectivity index (χ0v) is 12.1. The first kappa shape index (κ1) is 13.6. The van der Waals surface area contributed by atoms with E-state index >= 15 is 0 Å². The molecule has 0 unspecified atom stereocenters. The van der Waals surface area contributed by atoms with Crippen LogP contribution in [0.25, 0.3) is 0 Å². The molecule has 1 saturated heterocycles. The van der Waals surface area contributed by atoms with E-state index in [2.05, 4.69) is 15.9 Å². The standard InChI is InChI=1S/C10H13BrN2O4S/c1-16-9-5-7(11)8(12)6-10(9)18(14,15)13-3-2-4-17-13/h5-6H,2-4,12H2,1H3. The number of nitrogen functional groups attached to an aromatic ring is 1. The monoisotopic (exact) mass is 336 g/mol. The highest BCUT2D eigenvalue weighted by molar-refractivity contribution is 9.10. The van der Waals surface area contributed by atoms with E-state index in [1.165, 1.54) is 19.2 Å². The topological polar surface area (TPSA) is 81.9 Å². The lowest BCUT2D eigenvalue weighted by Gasteiger charge is -2.17. The van der Waals surface area contributed by atoms with Gasteiger partial charge in [0.2, 0.25) is 0 Å². The van der Waals surface area contributed by atoms with E-state index in [1.807, 2.05) is 0 Å². The second-order valence-electron chi connectivity index (χ2n) is 3.74. The maximum Gasteiger partial charge on any atom is 0.268 e. The van der Waals surface area contributed by atoms with Crippen molar-refractivity contribution in [3.63, 3.8) is 0 Å². The molecule has 2 rings (SSSR count). The Hall–Kier alpha value is -0.830. The van der Waals surface area contributed by atoms with E-state index < -0.39 is 10.0 Å². The van der Waals surface area contributed by atoms with Crippen molar-refractivity contribution >= 4 is 31.6 Å². The molecule has 1 aromatic carbocycles. The van der Waals surface area contributed by atoms with E-state index in [-0.39, 0.29) is 10.6 Å². The summed E-state index contributed by atoms with van der Waals surface area (Å²) in [6, 6.07) is 2.89. The molecule has 1 aliphatic rings. The van der Waals surface area contributed by atoms with Gasteiger partial charge in [-0.3, -0.25) is 4.84 Å². The van der Waals surface area contributed by atoms with Gasteiger partial charge < -0.3 is 10.5 Å². The summed E-state index contributed by atoms with van der Waals surface area (Å²) in [6.45, 7) is 0.731. The van der Waals surface area contributed by atoms with Gasteiger partial charge in [0.25, 0.3) is 10.0 Å². The molecule has 0 aromatic heterocycles. The zero-order chi connectivity index (χ0) is 13.3. The van der Waals surface area contributed by atoms with Crippen LogP contribution in [0.5, 0.6) is 5.75 Å². The number of hydroxylamine groups is 1. The SMILES string of the molecule is COc1cc(Br)c(N)cc1S(=O)(=O)N1CCCO1. The number of hydrogen-bond donors (Lipinski definition) is 1. The van der Waals surface area contributed by atoms with Gasteiger partial charge in [0.15, 0.2) is 0 Å². The normalized spacial score (nSPS) is 17.0. The van der Waals surface area contributed by atoms with Crippen LogP contribution in [0.15, 0.2) is 21.5 Å². The molecule has 0 saturated carbocycles. The van der Waals surface area contributed by atoms with Gasteiger partial charge >= 0.3 is 0 Å². The number of anilines is 1. The van der Waals surface area contributed by atoms with Gasteiger partial charge in [-0.2, -0.15) is 0 Å². The van der Waals surface area contributed by atoms with Gasteiger partial charge in [-0.1, -0.05) is 4.47 Å². The minimum Gasteiger partial charge on any atom is -0.495 e. The molecule has 0 amide bonds. The third-order valence-corrected chi connectivity index (χ3v) is 4.94. The molecule has 0 atom stereocenters. The Labute approximate surface area is 114 Å². The van der Waals surface area contributed by atoms with Crippen LogP contribution in [0.2, 0.25) is 0 Å². The van der Waals surface area contributed by atoms with Crippen molar-refractivity contribution in [2.75, 3.05) is 26.0 Å². The summed E-state index contributed by atoms with van der Waals surface area (Å²) in [4.78, 5) is 5.09. The summed E-state index contributed by atoms with van der Waals surface area (Å²) >= 11 is 3.23. The van der Waals surface area contributed by atoms with Crippen molar-refractivity contribution in [1.29, 1.82) is 0 Å². The largest absolute Gasteiger partial charge is 0.495 e. The zero-order valence-electron chi connectivity index (χ0n) is 9.72. The Balaban J connectivity index is 2.52. The van der Waals surface area contributed by atoms with Crippen LogP contribution in [-0.2, 0) is 14.9 Å². The Morgan fingerprint density at radius 1 is 1.50 bits per heavy atom. The van der Waals surface area contributed by atoms with E-state index in [4.69, 9.17) is 15.3 Å². The number of sulfonamides is 1. The van der Waals surface area contributed by atoms with Crippen LogP contribution in [0.4, 0.5) is 5.69 Å². The van der Waals surface area contributed by atoms with Crippen LogP contribution in [-0.4, -0.2) is 33.1 Å². The fraction of sp³-hybridized carbons (Fsp3) is 0.400.